The molecule has 0 aliphatic rings. The molecule has 0 aromatic rings. The molecule has 29 heavy (non-hydrogen) atoms. The van der Waals surface area contributed by atoms with Crippen LogP contribution in [-0.2, 0) is 0 Å². The highest BCUT2D eigenvalue weighted by Gasteiger charge is 2.95. The fourth-order valence-corrected chi connectivity index (χ4v) is 1.50. The molecule has 0 bridgehead atoms. The second-order valence-electron chi connectivity index (χ2n) is 5.27. The third-order valence-corrected chi connectivity index (χ3v) is 3.23. The highest BCUT2D eigenvalue weighted by Crippen LogP contribution is 2.63. The van der Waals surface area contributed by atoms with Gasteiger partial charge in [0.1, 0.15) is 0 Å². The second kappa shape index (κ2) is 7.06. The first-order valence-corrected chi connectivity index (χ1v) is 6.60. The van der Waals surface area contributed by atoms with Gasteiger partial charge in [0.25, 0.3) is 0 Å². The first-order chi connectivity index (χ1) is 12.3. The van der Waals surface area contributed by atoms with Crippen molar-refractivity contribution in [3.05, 3.63) is 12.2 Å². The average Bonchev–Trinajstić information content (AvgIpc) is 2.50. The minimum absolute atomic E-state index is 0.764. The van der Waals surface area contributed by atoms with E-state index in [9.17, 15) is 74.6 Å². The molecule has 0 spiro atoms. The Morgan fingerprint density at radius 3 is 1.03 bits per heavy atom. The van der Waals surface area contributed by atoms with E-state index in [1.807, 2.05) is 0 Å². The highest BCUT2D eigenvalue weighted by molar-refractivity contribution is 5.17. The van der Waals surface area contributed by atoms with E-state index < -0.39 is 60.1 Å². The molecule has 0 fully saturated rings. The van der Waals surface area contributed by atoms with Crippen molar-refractivity contribution in [1.29, 1.82) is 0 Å². The Kier molecular flexibility index (Phi) is 6.71. The van der Waals surface area contributed by atoms with Crippen LogP contribution in [0.25, 0.3) is 0 Å². The Balaban J connectivity index is 6.69. The van der Waals surface area contributed by atoms with Crippen molar-refractivity contribution in [2.75, 3.05) is 0 Å². The number of hydrogen-bond donors (Lipinski definition) is 0. The van der Waals surface area contributed by atoms with Crippen LogP contribution in [0.3, 0.4) is 0 Å². The van der Waals surface area contributed by atoms with E-state index in [0.29, 0.717) is 0 Å². The Labute approximate surface area is 149 Å². The van der Waals surface area contributed by atoms with Gasteiger partial charge in [0.2, 0.25) is 0 Å². The predicted molar refractivity (Wildman–Crippen MR) is 58.8 cm³/mol. The van der Waals surface area contributed by atoms with Gasteiger partial charge in [-0.1, -0.05) is 6.92 Å². The van der Waals surface area contributed by atoms with Gasteiger partial charge in [-0.25, -0.2) is 0 Å². The van der Waals surface area contributed by atoms with Gasteiger partial charge in [0.15, 0.2) is 0 Å². The standard InChI is InChI=1S/C12H6F17/c1-2-3-4-5(13,14)6(15,16)7(17,18)8(19,20)9(21,22)10(23,24)11(25,26)12(27,28)29/h4H,2H2,1H3. The summed E-state index contributed by atoms with van der Waals surface area (Å²) in [5, 5.41) is 0. The van der Waals surface area contributed by atoms with Crippen LogP contribution < -0.4 is 0 Å². The SMILES string of the molecule is CC/[C]=C/C(F)(F)C(F)(F)C(F)(F)C(F)(F)C(F)(F)C(F)(F)C(F)(F)C(F)(F)F. The van der Waals surface area contributed by atoms with Gasteiger partial charge in [-0.15, -0.1) is 0 Å². The molecule has 0 aliphatic heterocycles. The van der Waals surface area contributed by atoms with E-state index in [1.54, 1.807) is 0 Å². The maximum Gasteiger partial charge on any atom is 0.460 e. The molecule has 0 rings (SSSR count). The summed E-state index contributed by atoms with van der Waals surface area (Å²) in [7, 11) is 0. The lowest BCUT2D eigenvalue weighted by atomic mass is 9.89. The number of rotatable bonds is 8. The Morgan fingerprint density at radius 1 is 0.483 bits per heavy atom. The van der Waals surface area contributed by atoms with Crippen LogP contribution in [0.4, 0.5) is 74.6 Å². The molecule has 0 N–H and O–H groups in total. The smallest absolute Gasteiger partial charge is 0.195 e. The van der Waals surface area contributed by atoms with E-state index in [4.69, 9.17) is 0 Å². The molecule has 0 aromatic carbocycles. The van der Waals surface area contributed by atoms with E-state index >= 15 is 0 Å². The fourth-order valence-electron chi connectivity index (χ4n) is 1.50. The van der Waals surface area contributed by atoms with Crippen molar-refractivity contribution in [2.24, 2.45) is 0 Å². The first kappa shape index (κ1) is 27.5. The molecule has 0 unspecified atom stereocenters. The third-order valence-electron chi connectivity index (χ3n) is 3.23. The van der Waals surface area contributed by atoms with E-state index in [-0.39, 0.29) is 0 Å². The number of halogens is 17. The molecule has 0 aromatic heterocycles. The van der Waals surface area contributed by atoms with E-state index in [2.05, 4.69) is 0 Å². The fraction of sp³-hybridized carbons (Fsp3) is 0.833. The summed E-state index contributed by atoms with van der Waals surface area (Å²) in [6.07, 6.45) is -8.75. The molecule has 0 aliphatic carbocycles. The molecule has 0 amide bonds. The number of allylic oxidation sites excluding steroid dienone is 2. The Hall–Kier alpha value is -1.45. The van der Waals surface area contributed by atoms with Crippen molar-refractivity contribution >= 4 is 0 Å². The van der Waals surface area contributed by atoms with Crippen LogP contribution >= 0.6 is 0 Å². The molecule has 0 saturated carbocycles. The van der Waals surface area contributed by atoms with Crippen molar-refractivity contribution in [1.82, 2.24) is 0 Å². The van der Waals surface area contributed by atoms with Crippen LogP contribution in [0.1, 0.15) is 13.3 Å². The van der Waals surface area contributed by atoms with Gasteiger partial charge in [-0.05, 0) is 18.6 Å². The predicted octanol–water partition coefficient (Wildman–Crippen LogP) is 6.77. The zero-order valence-corrected chi connectivity index (χ0v) is 13.2. The van der Waals surface area contributed by atoms with Crippen molar-refractivity contribution in [3.63, 3.8) is 0 Å². The summed E-state index contributed by atoms with van der Waals surface area (Å²) in [4.78, 5) is 0. The summed E-state index contributed by atoms with van der Waals surface area (Å²) in [5.41, 5.74) is 0. The molecule has 0 nitrogen and oxygen atoms in total. The Bertz CT molecular complexity index is 608. The van der Waals surface area contributed by atoms with Gasteiger partial charge in [-0.3, -0.25) is 0 Å². The van der Waals surface area contributed by atoms with Gasteiger partial charge in [0, 0.05) is 0 Å². The maximum atomic E-state index is 13.2. The summed E-state index contributed by atoms with van der Waals surface area (Å²) < 4.78 is 218. The molecular formula is C12H6F17. The minimum Gasteiger partial charge on any atom is -0.195 e. The normalized spacial score (nSPS) is 16.6. The van der Waals surface area contributed by atoms with Crippen molar-refractivity contribution in [2.45, 2.75) is 61.0 Å². The zero-order valence-electron chi connectivity index (χ0n) is 13.2. The van der Waals surface area contributed by atoms with Gasteiger partial charge >= 0.3 is 47.6 Å². The number of hydrogen-bond acceptors (Lipinski definition) is 0. The zero-order chi connectivity index (χ0) is 24.1. The topological polar surface area (TPSA) is 0 Å². The van der Waals surface area contributed by atoms with Crippen LogP contribution in [0.2, 0.25) is 0 Å². The van der Waals surface area contributed by atoms with Crippen molar-refractivity contribution in [3.8, 4) is 0 Å². The van der Waals surface area contributed by atoms with Crippen molar-refractivity contribution < 1.29 is 74.6 Å². The van der Waals surface area contributed by atoms with Gasteiger partial charge in [-0.2, -0.15) is 74.6 Å². The van der Waals surface area contributed by atoms with E-state index in [0.717, 1.165) is 13.0 Å². The van der Waals surface area contributed by atoms with Crippen LogP contribution in [0.5, 0.6) is 0 Å². The Morgan fingerprint density at radius 2 is 0.759 bits per heavy atom. The third kappa shape index (κ3) is 3.61. The van der Waals surface area contributed by atoms with Crippen LogP contribution in [0, 0.1) is 6.08 Å². The molecule has 0 atom stereocenters. The first-order valence-electron chi connectivity index (χ1n) is 6.60. The monoisotopic (exact) mass is 473 g/mol. The van der Waals surface area contributed by atoms with Gasteiger partial charge < -0.3 is 0 Å². The summed E-state index contributed by atoms with van der Waals surface area (Å²) >= 11 is 0. The lowest BCUT2D eigenvalue weighted by molar-refractivity contribution is -0.459. The molecule has 0 saturated heterocycles. The molecular weight excluding hydrogens is 467 g/mol. The highest BCUT2D eigenvalue weighted by atomic mass is 19.4. The summed E-state index contributed by atoms with van der Waals surface area (Å²) in [5.74, 6) is -56.2. The van der Waals surface area contributed by atoms with E-state index in [1.165, 1.54) is 0 Å². The lowest BCUT2D eigenvalue weighted by Crippen LogP contribution is -2.74. The molecule has 17 heteroatoms. The minimum atomic E-state index is -8.60. The second-order valence-corrected chi connectivity index (χ2v) is 5.27. The van der Waals surface area contributed by atoms with Gasteiger partial charge in [0.05, 0.1) is 0 Å². The van der Waals surface area contributed by atoms with Crippen LogP contribution in [-0.4, -0.2) is 47.6 Å². The molecule has 1 radical (unpaired) electrons. The average molecular weight is 473 g/mol. The molecule has 173 valence electrons. The maximum absolute atomic E-state index is 13.2. The summed E-state index contributed by atoms with van der Waals surface area (Å²) in [6, 6.07) is 0. The van der Waals surface area contributed by atoms with Crippen LogP contribution in [0.15, 0.2) is 6.08 Å². The molecule has 0 heterocycles. The quantitative estimate of drug-likeness (QED) is 0.342. The lowest BCUT2D eigenvalue weighted by Gasteiger charge is -2.42. The largest absolute Gasteiger partial charge is 0.460 e. The summed E-state index contributed by atoms with van der Waals surface area (Å²) in [6.45, 7) is 0.853. The number of alkyl halides is 17.